The third kappa shape index (κ3) is 1.70. The van der Waals surface area contributed by atoms with E-state index in [0.717, 1.165) is 12.3 Å². The van der Waals surface area contributed by atoms with Gasteiger partial charge >= 0.3 is 71.3 Å². The minimum absolute atomic E-state index is 0.302. The Kier molecular flexibility index (Phi) is 2.36. The molecule has 2 heterocycles. The molecule has 0 radical (unpaired) electrons. The first-order valence-corrected chi connectivity index (χ1v) is 5.47. The summed E-state index contributed by atoms with van der Waals surface area (Å²) in [4.78, 5) is 0. The molecule has 60 valence electrons. The van der Waals surface area contributed by atoms with E-state index in [1.807, 2.05) is 0 Å². The Bertz CT molecular complexity index is 214. The topological polar surface area (TPSA) is 35.0 Å². The van der Waals surface area contributed by atoms with Gasteiger partial charge in [0.2, 0.25) is 0 Å². The van der Waals surface area contributed by atoms with Gasteiger partial charge in [0.15, 0.2) is 0 Å². The normalized spacial score (nSPS) is 18.5. The van der Waals surface area contributed by atoms with Crippen molar-refractivity contribution in [3.63, 3.8) is 0 Å². The van der Waals surface area contributed by atoms with E-state index in [9.17, 15) is 0 Å². The van der Waals surface area contributed by atoms with E-state index in [-0.39, 0.29) is 0 Å². The van der Waals surface area contributed by atoms with E-state index >= 15 is 0 Å². The van der Waals surface area contributed by atoms with Crippen molar-refractivity contribution in [2.75, 3.05) is 6.61 Å². The van der Waals surface area contributed by atoms with Crippen LogP contribution >= 0.6 is 0 Å². The van der Waals surface area contributed by atoms with Crippen LogP contribution in [0.2, 0.25) is 0 Å². The van der Waals surface area contributed by atoms with Crippen LogP contribution in [0.3, 0.4) is 0 Å². The summed E-state index contributed by atoms with van der Waals surface area (Å²) in [5, 5.41) is 4.07. The van der Waals surface area contributed by atoms with Gasteiger partial charge in [0.05, 0.1) is 0 Å². The molecule has 0 bridgehead atoms. The van der Waals surface area contributed by atoms with E-state index in [2.05, 4.69) is 9.19 Å². The van der Waals surface area contributed by atoms with E-state index in [1.165, 1.54) is 23.7 Å². The molecular formula is C7H10N2OSe. The molecule has 0 spiro atoms. The molecule has 0 amide bonds. The second-order valence-electron chi connectivity index (χ2n) is 2.65. The molecule has 4 heteroatoms. The van der Waals surface area contributed by atoms with Crippen LogP contribution in [0.15, 0.2) is 0 Å². The van der Waals surface area contributed by atoms with Crippen molar-refractivity contribution in [3.8, 4) is 0 Å². The maximum absolute atomic E-state index is 5.39. The summed E-state index contributed by atoms with van der Waals surface area (Å²) in [6, 6.07) is 0. The van der Waals surface area contributed by atoms with Gasteiger partial charge in [0.25, 0.3) is 0 Å². The summed E-state index contributed by atoms with van der Waals surface area (Å²) in [5.41, 5.74) is 1.12. The van der Waals surface area contributed by atoms with Gasteiger partial charge in [-0.05, 0) is 0 Å². The van der Waals surface area contributed by atoms with Gasteiger partial charge in [-0.15, -0.1) is 0 Å². The summed E-state index contributed by atoms with van der Waals surface area (Å²) < 4.78 is 10.9. The average molecular weight is 217 g/mol. The summed E-state index contributed by atoms with van der Waals surface area (Å²) in [6.45, 7) is 1.58. The second kappa shape index (κ2) is 3.48. The molecule has 11 heavy (non-hydrogen) atoms. The zero-order valence-corrected chi connectivity index (χ0v) is 7.96. The molecule has 0 N–H and O–H groups in total. The average Bonchev–Trinajstić information content (AvgIpc) is 2.35. The first kappa shape index (κ1) is 7.47. The molecule has 1 aliphatic rings. The minimum atomic E-state index is 0.302. The second-order valence-corrected chi connectivity index (χ2v) is 4.41. The van der Waals surface area contributed by atoms with Gasteiger partial charge in [-0.1, -0.05) is 0 Å². The Balaban J connectivity index is 2.18. The Morgan fingerprint density at radius 2 is 2.36 bits per heavy atom. The van der Waals surface area contributed by atoms with E-state index in [4.69, 9.17) is 4.74 Å². The van der Waals surface area contributed by atoms with Crippen molar-refractivity contribution in [2.24, 2.45) is 0 Å². The molecule has 0 atom stereocenters. The van der Waals surface area contributed by atoms with Crippen LogP contribution in [0.4, 0.5) is 0 Å². The Morgan fingerprint density at radius 3 is 3.36 bits per heavy atom. The molecule has 0 saturated carbocycles. The van der Waals surface area contributed by atoms with Crippen LogP contribution in [-0.4, -0.2) is 30.5 Å². The van der Waals surface area contributed by atoms with Crippen molar-refractivity contribution >= 4 is 14.7 Å². The first-order chi connectivity index (χ1) is 5.47. The fraction of sp³-hybridized carbons (Fsp3) is 0.714. The monoisotopic (exact) mass is 218 g/mol. The zero-order chi connectivity index (χ0) is 7.52. The number of fused-ring (bicyclic) bond motifs is 1. The molecule has 0 aliphatic carbocycles. The van der Waals surface area contributed by atoms with Crippen molar-refractivity contribution in [3.05, 3.63) is 10.1 Å². The molecule has 1 aliphatic heterocycles. The predicted molar refractivity (Wildman–Crippen MR) is 41.6 cm³/mol. The molecule has 1 aromatic rings. The van der Waals surface area contributed by atoms with Gasteiger partial charge < -0.3 is 0 Å². The van der Waals surface area contributed by atoms with Crippen LogP contribution in [0.25, 0.3) is 0 Å². The van der Waals surface area contributed by atoms with Gasteiger partial charge in [-0.3, -0.25) is 0 Å². The van der Waals surface area contributed by atoms with Crippen LogP contribution in [-0.2, 0) is 17.8 Å². The Labute approximate surface area is 71.7 Å². The number of aryl methyl sites for hydroxylation is 1. The standard InChI is InChI=1S/C7H10N2OSe/c1-2-4-10-5-6-7(3-1)11-9-8-6/h1-5H2. The third-order valence-electron chi connectivity index (χ3n) is 1.82. The van der Waals surface area contributed by atoms with E-state index in [1.54, 1.807) is 0 Å². The molecular weight excluding hydrogens is 207 g/mol. The number of aromatic nitrogens is 2. The predicted octanol–water partition coefficient (Wildman–Crippen LogP) is 0.386. The van der Waals surface area contributed by atoms with Crippen molar-refractivity contribution in [1.29, 1.82) is 0 Å². The van der Waals surface area contributed by atoms with E-state index < -0.39 is 0 Å². The van der Waals surface area contributed by atoms with Crippen molar-refractivity contribution in [2.45, 2.75) is 25.9 Å². The molecule has 3 nitrogen and oxygen atoms in total. The van der Waals surface area contributed by atoms with Gasteiger partial charge in [-0.2, -0.15) is 0 Å². The third-order valence-corrected chi connectivity index (χ3v) is 3.54. The molecule has 0 fully saturated rings. The molecule has 1 aromatic heterocycles. The fourth-order valence-corrected chi connectivity index (χ4v) is 2.61. The van der Waals surface area contributed by atoms with Crippen LogP contribution < -0.4 is 0 Å². The number of hydrogen-bond acceptors (Lipinski definition) is 3. The quantitative estimate of drug-likeness (QED) is 0.589. The van der Waals surface area contributed by atoms with Crippen LogP contribution in [0.5, 0.6) is 0 Å². The summed E-state index contributed by atoms with van der Waals surface area (Å²) in [6.07, 6.45) is 3.63. The summed E-state index contributed by atoms with van der Waals surface area (Å²) >= 11 is 0.302. The number of nitrogens with zero attached hydrogens (tertiary/aromatic N) is 2. The summed E-state index contributed by atoms with van der Waals surface area (Å²) in [5.74, 6) is 0. The number of rotatable bonds is 0. The van der Waals surface area contributed by atoms with Crippen molar-refractivity contribution in [1.82, 2.24) is 9.19 Å². The molecule has 0 unspecified atom stereocenters. The molecule has 0 aromatic carbocycles. The molecule has 2 rings (SSSR count). The van der Waals surface area contributed by atoms with Crippen molar-refractivity contribution < 1.29 is 4.74 Å². The zero-order valence-electron chi connectivity index (χ0n) is 6.25. The molecule has 0 saturated heterocycles. The Morgan fingerprint density at radius 1 is 1.36 bits per heavy atom. The van der Waals surface area contributed by atoms with Gasteiger partial charge in [0, 0.05) is 0 Å². The SMILES string of the molecule is C1CCc2[se]nnc2COC1. The number of hydrogen-bond donors (Lipinski definition) is 0. The van der Waals surface area contributed by atoms with Crippen LogP contribution in [0, 0.1) is 0 Å². The van der Waals surface area contributed by atoms with Gasteiger partial charge in [0.1, 0.15) is 0 Å². The first-order valence-electron chi connectivity index (χ1n) is 3.84. The summed E-state index contributed by atoms with van der Waals surface area (Å²) in [7, 11) is 0. The van der Waals surface area contributed by atoms with Gasteiger partial charge in [-0.25, -0.2) is 0 Å². The fourth-order valence-electron chi connectivity index (χ4n) is 1.19. The number of ether oxygens (including phenoxy) is 1. The van der Waals surface area contributed by atoms with Crippen LogP contribution in [0.1, 0.15) is 23.0 Å². The maximum atomic E-state index is 5.39. The Hall–Kier alpha value is -0.181. The van der Waals surface area contributed by atoms with E-state index in [0.29, 0.717) is 21.3 Å².